The summed E-state index contributed by atoms with van der Waals surface area (Å²) in [5, 5.41) is 5.27. The number of nitrogens with one attached hydrogen (secondary N) is 1. The van der Waals surface area contributed by atoms with Crippen molar-refractivity contribution in [2.24, 2.45) is 5.92 Å². The first-order valence-corrected chi connectivity index (χ1v) is 7.88. The summed E-state index contributed by atoms with van der Waals surface area (Å²) in [4.78, 5) is 15.3. The lowest BCUT2D eigenvalue weighted by molar-refractivity contribution is 0.0792. The van der Waals surface area contributed by atoms with Gasteiger partial charge in [0.05, 0.1) is 4.88 Å². The maximum atomic E-state index is 12.4. The van der Waals surface area contributed by atoms with Crippen molar-refractivity contribution in [2.75, 3.05) is 26.7 Å². The molecule has 1 amide bonds. The second-order valence-corrected chi connectivity index (χ2v) is 6.75. The van der Waals surface area contributed by atoms with E-state index in [4.69, 9.17) is 0 Å². The molecule has 2 aromatic rings. The maximum absolute atomic E-state index is 12.4. The molecule has 2 aromatic heterocycles. The van der Waals surface area contributed by atoms with E-state index in [1.54, 1.807) is 22.7 Å². The van der Waals surface area contributed by atoms with Crippen LogP contribution in [0.5, 0.6) is 0 Å². The van der Waals surface area contributed by atoms with E-state index < -0.39 is 0 Å². The van der Waals surface area contributed by atoms with Crippen LogP contribution in [0.1, 0.15) is 16.1 Å². The Morgan fingerprint density at radius 3 is 3.22 bits per heavy atom. The molecule has 18 heavy (non-hydrogen) atoms. The van der Waals surface area contributed by atoms with Crippen LogP contribution in [-0.2, 0) is 0 Å². The van der Waals surface area contributed by atoms with Gasteiger partial charge in [-0.2, -0.15) is 0 Å². The molecule has 5 heteroatoms. The van der Waals surface area contributed by atoms with Gasteiger partial charge in [0.2, 0.25) is 0 Å². The van der Waals surface area contributed by atoms with E-state index in [9.17, 15) is 4.79 Å². The Hall–Kier alpha value is -0.910. The highest BCUT2D eigenvalue weighted by atomic mass is 32.1. The van der Waals surface area contributed by atoms with Crippen LogP contribution >= 0.6 is 22.7 Å². The third kappa shape index (κ3) is 2.18. The summed E-state index contributed by atoms with van der Waals surface area (Å²) in [6.45, 7) is 2.80. The van der Waals surface area contributed by atoms with Crippen molar-refractivity contribution in [1.29, 1.82) is 0 Å². The molecule has 1 aliphatic heterocycles. The molecular weight excluding hydrogens is 264 g/mol. The number of likely N-dealkylation sites (tertiary alicyclic amines) is 1. The number of nitrogens with zero attached hydrogens (tertiary/aromatic N) is 1. The number of carbonyl (C=O) groups excluding carboxylic acids is 1. The second-order valence-electron chi connectivity index (χ2n) is 4.72. The minimum Gasteiger partial charge on any atom is -0.338 e. The molecule has 1 aliphatic rings. The van der Waals surface area contributed by atoms with Gasteiger partial charge in [-0.3, -0.25) is 4.79 Å². The van der Waals surface area contributed by atoms with Gasteiger partial charge < -0.3 is 10.2 Å². The molecule has 96 valence electrons. The Bertz CT molecular complexity index is 532. The van der Waals surface area contributed by atoms with Crippen molar-refractivity contribution in [3.63, 3.8) is 0 Å². The third-order valence-corrected chi connectivity index (χ3v) is 5.50. The zero-order chi connectivity index (χ0) is 12.5. The minimum absolute atomic E-state index is 0.210. The Balaban J connectivity index is 1.73. The van der Waals surface area contributed by atoms with Crippen molar-refractivity contribution in [1.82, 2.24) is 10.2 Å². The summed E-state index contributed by atoms with van der Waals surface area (Å²) >= 11 is 3.32. The van der Waals surface area contributed by atoms with Crippen molar-refractivity contribution in [3.05, 3.63) is 22.4 Å². The van der Waals surface area contributed by atoms with Crippen molar-refractivity contribution >= 4 is 38.0 Å². The van der Waals surface area contributed by atoms with E-state index in [1.807, 2.05) is 18.0 Å². The summed E-state index contributed by atoms with van der Waals surface area (Å²) in [6.07, 6.45) is 1.12. The van der Waals surface area contributed by atoms with Crippen LogP contribution in [0.3, 0.4) is 0 Å². The van der Waals surface area contributed by atoms with Gasteiger partial charge in [0.1, 0.15) is 0 Å². The van der Waals surface area contributed by atoms with E-state index in [1.165, 1.54) is 9.40 Å². The Morgan fingerprint density at radius 1 is 1.56 bits per heavy atom. The molecule has 0 bridgehead atoms. The standard InChI is InChI=1S/C13H16N2OS2/c1-14-7-9-2-4-15(8-9)13(16)12-6-11-10(18-12)3-5-17-11/h3,5-6,9,14H,2,4,7-8H2,1H3. The molecular formula is C13H16N2OS2. The normalized spacial score (nSPS) is 19.8. The van der Waals surface area contributed by atoms with Crippen LogP contribution in [0.4, 0.5) is 0 Å². The van der Waals surface area contributed by atoms with Gasteiger partial charge in [-0.05, 0) is 43.4 Å². The molecule has 0 saturated carbocycles. The first-order chi connectivity index (χ1) is 8.78. The first kappa shape index (κ1) is 12.1. The Morgan fingerprint density at radius 2 is 2.44 bits per heavy atom. The fourth-order valence-electron chi connectivity index (χ4n) is 2.50. The molecule has 1 saturated heterocycles. The van der Waals surface area contributed by atoms with Crippen molar-refractivity contribution in [2.45, 2.75) is 6.42 Å². The molecule has 3 heterocycles. The number of rotatable bonds is 3. The largest absolute Gasteiger partial charge is 0.338 e. The lowest BCUT2D eigenvalue weighted by Crippen LogP contribution is -2.29. The average molecular weight is 280 g/mol. The van der Waals surface area contributed by atoms with E-state index in [2.05, 4.69) is 16.8 Å². The van der Waals surface area contributed by atoms with E-state index in [-0.39, 0.29) is 5.91 Å². The third-order valence-electron chi connectivity index (χ3n) is 3.42. The van der Waals surface area contributed by atoms with Gasteiger partial charge in [-0.15, -0.1) is 22.7 Å². The number of thiophene rings is 2. The van der Waals surface area contributed by atoms with Crippen molar-refractivity contribution in [3.8, 4) is 0 Å². The predicted octanol–water partition coefficient (Wildman–Crippen LogP) is 2.64. The number of carbonyl (C=O) groups is 1. The molecule has 1 atom stereocenters. The number of fused-ring (bicyclic) bond motifs is 1. The number of hydrogen-bond donors (Lipinski definition) is 1. The molecule has 3 nitrogen and oxygen atoms in total. The summed E-state index contributed by atoms with van der Waals surface area (Å²) in [6, 6.07) is 4.13. The maximum Gasteiger partial charge on any atom is 0.264 e. The number of amides is 1. The zero-order valence-corrected chi connectivity index (χ0v) is 11.9. The van der Waals surface area contributed by atoms with Gasteiger partial charge in [0.25, 0.3) is 5.91 Å². The molecule has 3 rings (SSSR count). The highest BCUT2D eigenvalue weighted by Crippen LogP contribution is 2.31. The summed E-state index contributed by atoms with van der Waals surface area (Å²) in [7, 11) is 1.97. The van der Waals surface area contributed by atoms with Crippen LogP contribution in [0.15, 0.2) is 17.5 Å². The van der Waals surface area contributed by atoms with Crippen LogP contribution in [0.2, 0.25) is 0 Å². The summed E-state index contributed by atoms with van der Waals surface area (Å²) in [5.74, 6) is 0.821. The Kier molecular flexibility index (Phi) is 3.37. The smallest absolute Gasteiger partial charge is 0.264 e. The lowest BCUT2D eigenvalue weighted by atomic mass is 10.1. The van der Waals surface area contributed by atoms with Crippen LogP contribution < -0.4 is 5.32 Å². The molecule has 1 unspecified atom stereocenters. The molecule has 0 spiro atoms. The molecule has 0 radical (unpaired) electrons. The minimum atomic E-state index is 0.210. The molecule has 1 N–H and O–H groups in total. The average Bonchev–Trinajstić information content (AvgIpc) is 3.02. The summed E-state index contributed by atoms with van der Waals surface area (Å²) in [5.41, 5.74) is 0. The van der Waals surface area contributed by atoms with E-state index in [0.717, 1.165) is 30.9 Å². The summed E-state index contributed by atoms with van der Waals surface area (Å²) < 4.78 is 2.46. The zero-order valence-electron chi connectivity index (χ0n) is 10.3. The predicted molar refractivity (Wildman–Crippen MR) is 77.6 cm³/mol. The number of hydrogen-bond acceptors (Lipinski definition) is 4. The highest BCUT2D eigenvalue weighted by Gasteiger charge is 2.27. The van der Waals surface area contributed by atoms with Crippen LogP contribution in [0.25, 0.3) is 9.40 Å². The monoisotopic (exact) mass is 280 g/mol. The van der Waals surface area contributed by atoms with E-state index >= 15 is 0 Å². The van der Waals surface area contributed by atoms with Gasteiger partial charge in [-0.1, -0.05) is 0 Å². The first-order valence-electron chi connectivity index (χ1n) is 6.19. The second kappa shape index (κ2) is 4.99. The highest BCUT2D eigenvalue weighted by molar-refractivity contribution is 7.27. The van der Waals surface area contributed by atoms with Gasteiger partial charge in [-0.25, -0.2) is 0 Å². The van der Waals surface area contributed by atoms with Crippen LogP contribution in [0, 0.1) is 5.92 Å². The van der Waals surface area contributed by atoms with Gasteiger partial charge in [0, 0.05) is 22.5 Å². The van der Waals surface area contributed by atoms with Gasteiger partial charge >= 0.3 is 0 Å². The van der Waals surface area contributed by atoms with E-state index in [0.29, 0.717) is 5.92 Å². The SMILES string of the molecule is CNCC1CCN(C(=O)c2cc3sccc3s2)C1. The fourth-order valence-corrected chi connectivity index (χ4v) is 4.58. The molecule has 0 aromatic carbocycles. The molecule has 1 fully saturated rings. The fraction of sp³-hybridized carbons (Fsp3) is 0.462. The lowest BCUT2D eigenvalue weighted by Gasteiger charge is -2.15. The topological polar surface area (TPSA) is 32.3 Å². The van der Waals surface area contributed by atoms with Crippen molar-refractivity contribution < 1.29 is 4.79 Å². The van der Waals surface area contributed by atoms with Crippen LogP contribution in [-0.4, -0.2) is 37.5 Å². The Labute approximate surface area is 114 Å². The quantitative estimate of drug-likeness (QED) is 0.937. The molecule has 0 aliphatic carbocycles. The van der Waals surface area contributed by atoms with Gasteiger partial charge in [0.15, 0.2) is 0 Å².